The molecule has 1 nitrogen and oxygen atoms in total. The van der Waals surface area contributed by atoms with E-state index in [4.69, 9.17) is 0 Å². The van der Waals surface area contributed by atoms with Crippen LogP contribution in [0.25, 0.3) is 0 Å². The van der Waals surface area contributed by atoms with Crippen molar-refractivity contribution in [2.45, 2.75) is 17.7 Å². The maximum absolute atomic E-state index is 13.7. The third-order valence-corrected chi connectivity index (χ3v) is 4.27. The van der Waals surface area contributed by atoms with E-state index in [1.165, 1.54) is 17.0 Å². The van der Waals surface area contributed by atoms with Crippen LogP contribution in [0.2, 0.25) is 0 Å². The first kappa shape index (κ1) is 15.3. The van der Waals surface area contributed by atoms with Gasteiger partial charge in [-0.25, -0.2) is 4.39 Å². The number of rotatable bonds is 5. The molecule has 0 spiro atoms. The van der Waals surface area contributed by atoms with Crippen LogP contribution in [0.15, 0.2) is 51.8 Å². The van der Waals surface area contributed by atoms with E-state index in [0.717, 1.165) is 5.56 Å². The second-order valence-electron chi connectivity index (χ2n) is 4.40. The molecule has 0 bridgehead atoms. The number of benzene rings is 2. The number of thioether (sulfide) groups is 1. The van der Waals surface area contributed by atoms with Gasteiger partial charge >= 0.3 is 0 Å². The lowest BCUT2D eigenvalue weighted by atomic mass is 10.0. The molecular weight excluding hydrogens is 339 g/mol. The standard InChI is InChI=1S/C16H14BrFOS/c1-20-13-6-2-11(3-7-13)4-9-16(19)14-8-5-12(17)10-15(14)18/h2-3,5-8,10H,4,9H2,1H3. The zero-order valence-electron chi connectivity index (χ0n) is 11.0. The second-order valence-corrected chi connectivity index (χ2v) is 6.19. The van der Waals surface area contributed by atoms with Gasteiger partial charge in [-0.3, -0.25) is 4.79 Å². The van der Waals surface area contributed by atoms with Crippen molar-refractivity contribution >= 4 is 33.5 Å². The van der Waals surface area contributed by atoms with Crippen LogP contribution in [-0.2, 0) is 6.42 Å². The summed E-state index contributed by atoms with van der Waals surface area (Å²) in [6, 6.07) is 12.6. The van der Waals surface area contributed by atoms with Crippen molar-refractivity contribution in [2.75, 3.05) is 6.26 Å². The largest absolute Gasteiger partial charge is 0.294 e. The first-order valence-electron chi connectivity index (χ1n) is 6.21. The van der Waals surface area contributed by atoms with Gasteiger partial charge in [0.2, 0.25) is 0 Å². The number of carbonyl (C=O) groups is 1. The van der Waals surface area contributed by atoms with E-state index >= 15 is 0 Å². The monoisotopic (exact) mass is 352 g/mol. The minimum atomic E-state index is -0.470. The third kappa shape index (κ3) is 3.93. The fraction of sp³-hybridized carbons (Fsp3) is 0.188. The summed E-state index contributed by atoms with van der Waals surface area (Å²) in [5.41, 5.74) is 1.25. The Hall–Kier alpha value is -1.13. The highest BCUT2D eigenvalue weighted by Gasteiger charge is 2.11. The van der Waals surface area contributed by atoms with E-state index in [9.17, 15) is 9.18 Å². The predicted octanol–water partition coefficient (Wildman–Crippen LogP) is 5.13. The third-order valence-electron chi connectivity index (χ3n) is 3.03. The molecule has 20 heavy (non-hydrogen) atoms. The molecule has 0 aliphatic carbocycles. The minimum absolute atomic E-state index is 0.161. The SMILES string of the molecule is CSc1ccc(CCC(=O)c2ccc(Br)cc2F)cc1. The van der Waals surface area contributed by atoms with E-state index in [0.29, 0.717) is 17.3 Å². The van der Waals surface area contributed by atoms with Crippen molar-refractivity contribution in [2.24, 2.45) is 0 Å². The van der Waals surface area contributed by atoms with E-state index in [1.54, 1.807) is 17.8 Å². The molecule has 0 amide bonds. The Morgan fingerprint density at radius 1 is 1.20 bits per heavy atom. The van der Waals surface area contributed by atoms with Crippen molar-refractivity contribution in [3.8, 4) is 0 Å². The highest BCUT2D eigenvalue weighted by atomic mass is 79.9. The van der Waals surface area contributed by atoms with Gasteiger partial charge in [0, 0.05) is 15.8 Å². The van der Waals surface area contributed by atoms with Gasteiger partial charge in [0.15, 0.2) is 5.78 Å². The van der Waals surface area contributed by atoms with Crippen molar-refractivity contribution in [3.63, 3.8) is 0 Å². The van der Waals surface area contributed by atoms with Gasteiger partial charge in [-0.1, -0.05) is 28.1 Å². The van der Waals surface area contributed by atoms with Gasteiger partial charge in [0.1, 0.15) is 5.82 Å². The molecule has 0 aromatic heterocycles. The summed E-state index contributed by atoms with van der Waals surface area (Å²) in [5, 5.41) is 0. The molecule has 2 aromatic carbocycles. The lowest BCUT2D eigenvalue weighted by molar-refractivity contribution is 0.0979. The Balaban J connectivity index is 2.00. The summed E-state index contributed by atoms with van der Waals surface area (Å²) in [4.78, 5) is 13.2. The Morgan fingerprint density at radius 2 is 1.90 bits per heavy atom. The maximum Gasteiger partial charge on any atom is 0.166 e. The van der Waals surface area contributed by atoms with Crippen molar-refractivity contribution in [1.82, 2.24) is 0 Å². The van der Waals surface area contributed by atoms with Gasteiger partial charge in [-0.05, 0) is 48.6 Å². The molecule has 2 rings (SSSR count). The topological polar surface area (TPSA) is 17.1 Å². The number of aryl methyl sites for hydroxylation is 1. The molecule has 0 aliphatic rings. The van der Waals surface area contributed by atoms with Crippen LogP contribution in [-0.4, -0.2) is 12.0 Å². The molecule has 0 saturated carbocycles. The zero-order valence-corrected chi connectivity index (χ0v) is 13.4. The average molecular weight is 353 g/mol. The van der Waals surface area contributed by atoms with E-state index in [1.807, 2.05) is 30.5 Å². The molecular formula is C16H14BrFOS. The molecule has 4 heteroatoms. The average Bonchev–Trinajstić information content (AvgIpc) is 2.45. The molecule has 2 aromatic rings. The fourth-order valence-corrected chi connectivity index (χ4v) is 2.64. The second kappa shape index (κ2) is 7.04. The highest BCUT2D eigenvalue weighted by molar-refractivity contribution is 9.10. The molecule has 0 radical (unpaired) electrons. The number of hydrogen-bond acceptors (Lipinski definition) is 2. The summed E-state index contributed by atoms with van der Waals surface area (Å²) in [6.07, 6.45) is 2.97. The number of ketones is 1. The van der Waals surface area contributed by atoms with Crippen LogP contribution < -0.4 is 0 Å². The number of Topliss-reactive ketones (excluding diaryl/α,β-unsaturated/α-hetero) is 1. The summed E-state index contributed by atoms with van der Waals surface area (Å²) >= 11 is 4.86. The molecule has 104 valence electrons. The van der Waals surface area contributed by atoms with Crippen LogP contribution in [0.5, 0.6) is 0 Å². The molecule has 0 aliphatic heterocycles. The Morgan fingerprint density at radius 3 is 2.50 bits per heavy atom. The van der Waals surface area contributed by atoms with Crippen molar-refractivity contribution in [1.29, 1.82) is 0 Å². The van der Waals surface area contributed by atoms with E-state index in [2.05, 4.69) is 15.9 Å². The van der Waals surface area contributed by atoms with Crippen LogP contribution >= 0.6 is 27.7 Å². The maximum atomic E-state index is 13.7. The van der Waals surface area contributed by atoms with Gasteiger partial charge in [0.05, 0.1) is 5.56 Å². The predicted molar refractivity (Wildman–Crippen MR) is 85.0 cm³/mol. The minimum Gasteiger partial charge on any atom is -0.294 e. The number of hydrogen-bond donors (Lipinski definition) is 0. The van der Waals surface area contributed by atoms with Gasteiger partial charge in [-0.2, -0.15) is 0 Å². The molecule has 0 atom stereocenters. The van der Waals surface area contributed by atoms with Crippen LogP contribution in [0, 0.1) is 5.82 Å². The molecule has 0 unspecified atom stereocenters. The smallest absolute Gasteiger partial charge is 0.166 e. The van der Waals surface area contributed by atoms with Gasteiger partial charge in [0.25, 0.3) is 0 Å². The lowest BCUT2D eigenvalue weighted by Gasteiger charge is -2.04. The Bertz CT molecular complexity index is 610. The normalized spacial score (nSPS) is 10.6. The summed E-state index contributed by atoms with van der Waals surface area (Å²) in [6.45, 7) is 0. The van der Waals surface area contributed by atoms with E-state index in [-0.39, 0.29) is 11.3 Å². The highest BCUT2D eigenvalue weighted by Crippen LogP contribution is 2.19. The first-order chi connectivity index (χ1) is 9.60. The van der Waals surface area contributed by atoms with Crippen LogP contribution in [0.4, 0.5) is 4.39 Å². The van der Waals surface area contributed by atoms with Gasteiger partial charge < -0.3 is 0 Å². The molecule has 0 heterocycles. The summed E-state index contributed by atoms with van der Waals surface area (Å²) in [7, 11) is 0. The molecule has 0 fully saturated rings. The van der Waals surface area contributed by atoms with Crippen molar-refractivity contribution in [3.05, 3.63) is 63.9 Å². The molecule has 0 N–H and O–H groups in total. The Labute approximate surface area is 130 Å². The van der Waals surface area contributed by atoms with E-state index < -0.39 is 5.82 Å². The summed E-state index contributed by atoms with van der Waals surface area (Å²) in [5.74, 6) is -0.633. The number of carbonyl (C=O) groups excluding carboxylic acids is 1. The fourth-order valence-electron chi connectivity index (χ4n) is 1.90. The van der Waals surface area contributed by atoms with Crippen LogP contribution in [0.3, 0.4) is 0 Å². The number of halogens is 2. The quantitative estimate of drug-likeness (QED) is 0.548. The first-order valence-corrected chi connectivity index (χ1v) is 8.23. The Kier molecular flexibility index (Phi) is 5.38. The summed E-state index contributed by atoms with van der Waals surface area (Å²) < 4.78 is 14.3. The van der Waals surface area contributed by atoms with Crippen LogP contribution in [0.1, 0.15) is 22.3 Å². The lowest BCUT2D eigenvalue weighted by Crippen LogP contribution is -2.04. The molecule has 0 saturated heterocycles. The van der Waals surface area contributed by atoms with Crippen molar-refractivity contribution < 1.29 is 9.18 Å². The van der Waals surface area contributed by atoms with Gasteiger partial charge in [-0.15, -0.1) is 11.8 Å². The zero-order chi connectivity index (χ0) is 14.5.